The molecule has 2 N–H and O–H groups in total. The van der Waals surface area contributed by atoms with Crippen LogP contribution in [-0.4, -0.2) is 27.7 Å². The maximum atomic E-state index is 13.5. The van der Waals surface area contributed by atoms with Gasteiger partial charge >= 0.3 is 5.97 Å². The highest BCUT2D eigenvalue weighted by Gasteiger charge is 2.47. The third-order valence-corrected chi connectivity index (χ3v) is 5.34. The van der Waals surface area contributed by atoms with Gasteiger partial charge in [0.1, 0.15) is 5.76 Å². The zero-order valence-electron chi connectivity index (χ0n) is 15.9. The maximum Gasteiger partial charge on any atom is 0.312 e. The molecular formula is C25H18O5. The molecule has 2 unspecified atom stereocenters. The molecule has 0 spiro atoms. The number of hydrogen-bond acceptors (Lipinski definition) is 4. The minimum Gasteiger partial charge on any atom is -0.507 e. The van der Waals surface area contributed by atoms with E-state index in [0.717, 1.165) is 0 Å². The summed E-state index contributed by atoms with van der Waals surface area (Å²) in [6, 6.07) is 22.9. The Balaban J connectivity index is 2.01. The van der Waals surface area contributed by atoms with Crippen molar-refractivity contribution in [2.45, 2.75) is 5.92 Å². The number of benzene rings is 3. The fourth-order valence-electron chi connectivity index (χ4n) is 3.95. The average molecular weight is 398 g/mol. The molecule has 30 heavy (non-hydrogen) atoms. The van der Waals surface area contributed by atoms with Gasteiger partial charge in [0.2, 0.25) is 0 Å². The van der Waals surface area contributed by atoms with E-state index >= 15 is 0 Å². The summed E-state index contributed by atoms with van der Waals surface area (Å²) in [7, 11) is 0. The van der Waals surface area contributed by atoms with E-state index in [-0.39, 0.29) is 28.0 Å². The third kappa shape index (κ3) is 3.20. The lowest BCUT2D eigenvalue weighted by Crippen LogP contribution is -2.38. The van der Waals surface area contributed by atoms with E-state index in [4.69, 9.17) is 0 Å². The quantitative estimate of drug-likeness (QED) is 0.383. The van der Waals surface area contributed by atoms with E-state index in [1.54, 1.807) is 78.9 Å². The Morgan fingerprint density at radius 3 is 1.80 bits per heavy atom. The molecule has 3 aromatic carbocycles. The molecule has 1 aliphatic carbocycles. The molecule has 0 fully saturated rings. The lowest BCUT2D eigenvalue weighted by molar-refractivity contribution is -0.139. The lowest BCUT2D eigenvalue weighted by atomic mass is 9.68. The molecule has 0 aromatic heterocycles. The Labute approximate surface area is 172 Å². The third-order valence-electron chi connectivity index (χ3n) is 5.34. The number of ketones is 2. The largest absolute Gasteiger partial charge is 0.507 e. The van der Waals surface area contributed by atoms with Crippen LogP contribution in [0.1, 0.15) is 37.8 Å². The predicted molar refractivity (Wildman–Crippen MR) is 111 cm³/mol. The number of aliphatic hydroxyl groups excluding tert-OH is 1. The van der Waals surface area contributed by atoms with Crippen LogP contribution in [0.25, 0.3) is 5.76 Å². The van der Waals surface area contributed by atoms with Crippen LogP contribution in [0.3, 0.4) is 0 Å². The summed E-state index contributed by atoms with van der Waals surface area (Å²) in [6.07, 6.45) is 0. The van der Waals surface area contributed by atoms with Crippen LogP contribution in [0, 0.1) is 5.92 Å². The van der Waals surface area contributed by atoms with Gasteiger partial charge in [0.25, 0.3) is 0 Å². The van der Waals surface area contributed by atoms with E-state index in [1.807, 2.05) is 0 Å². The van der Waals surface area contributed by atoms with Crippen LogP contribution in [0.5, 0.6) is 0 Å². The molecule has 148 valence electrons. The first-order valence-electron chi connectivity index (χ1n) is 9.45. The van der Waals surface area contributed by atoms with E-state index in [9.17, 15) is 24.6 Å². The summed E-state index contributed by atoms with van der Waals surface area (Å²) in [5.41, 5.74) is 0.879. The summed E-state index contributed by atoms with van der Waals surface area (Å²) in [4.78, 5) is 39.1. The Kier molecular flexibility index (Phi) is 5.02. The van der Waals surface area contributed by atoms with Gasteiger partial charge in [0, 0.05) is 16.7 Å². The minimum absolute atomic E-state index is 0.180. The van der Waals surface area contributed by atoms with Crippen molar-refractivity contribution in [3.8, 4) is 0 Å². The fourth-order valence-corrected chi connectivity index (χ4v) is 3.95. The van der Waals surface area contributed by atoms with Crippen molar-refractivity contribution >= 4 is 23.3 Å². The molecule has 5 heteroatoms. The molecule has 0 saturated carbocycles. The van der Waals surface area contributed by atoms with Crippen molar-refractivity contribution in [1.82, 2.24) is 0 Å². The standard InChI is InChI=1S/C25H18O5/c26-22(15-9-3-1-4-10-15)20-19(25(29)30)17-13-7-8-14-18(17)24(28)21(20)23(27)16-11-5-2-6-12-16/h1-14,19-20,27H,(H,29,30). The molecule has 1 aliphatic rings. The van der Waals surface area contributed by atoms with Crippen molar-refractivity contribution in [2.24, 2.45) is 5.92 Å². The van der Waals surface area contributed by atoms with E-state index < -0.39 is 29.4 Å². The highest BCUT2D eigenvalue weighted by Crippen LogP contribution is 2.43. The van der Waals surface area contributed by atoms with Gasteiger partial charge < -0.3 is 10.2 Å². The molecule has 3 aromatic rings. The summed E-state index contributed by atoms with van der Waals surface area (Å²) in [6.45, 7) is 0. The molecule has 5 nitrogen and oxygen atoms in total. The molecule has 0 saturated heterocycles. The molecule has 0 bridgehead atoms. The summed E-state index contributed by atoms with van der Waals surface area (Å²) in [5, 5.41) is 21.1. The second-order valence-electron chi connectivity index (χ2n) is 7.07. The van der Waals surface area contributed by atoms with Gasteiger partial charge in [-0.1, -0.05) is 84.9 Å². The Morgan fingerprint density at radius 2 is 1.20 bits per heavy atom. The van der Waals surface area contributed by atoms with Crippen LogP contribution in [-0.2, 0) is 4.79 Å². The van der Waals surface area contributed by atoms with Crippen molar-refractivity contribution < 1.29 is 24.6 Å². The summed E-state index contributed by atoms with van der Waals surface area (Å²) >= 11 is 0. The number of carbonyl (C=O) groups is 3. The number of allylic oxidation sites excluding steroid dienone is 1. The van der Waals surface area contributed by atoms with Crippen LogP contribution in [0.15, 0.2) is 90.5 Å². The zero-order chi connectivity index (χ0) is 21.3. The number of Topliss-reactive ketones (excluding diaryl/α,β-unsaturated/α-hetero) is 2. The highest BCUT2D eigenvalue weighted by molar-refractivity contribution is 6.21. The second kappa shape index (κ2) is 7.79. The first-order chi connectivity index (χ1) is 14.5. The van der Waals surface area contributed by atoms with Gasteiger partial charge in [-0.15, -0.1) is 0 Å². The number of aliphatic carboxylic acids is 1. The van der Waals surface area contributed by atoms with Gasteiger partial charge in [0.05, 0.1) is 17.4 Å². The molecule has 0 aliphatic heterocycles. The van der Waals surface area contributed by atoms with Gasteiger partial charge in [0.15, 0.2) is 11.6 Å². The number of aliphatic hydroxyl groups is 1. The van der Waals surface area contributed by atoms with Gasteiger partial charge in [-0.25, -0.2) is 0 Å². The smallest absolute Gasteiger partial charge is 0.312 e. The monoisotopic (exact) mass is 398 g/mol. The van der Waals surface area contributed by atoms with Crippen molar-refractivity contribution in [1.29, 1.82) is 0 Å². The second-order valence-corrected chi connectivity index (χ2v) is 7.07. The van der Waals surface area contributed by atoms with Gasteiger partial charge in [-0.3, -0.25) is 14.4 Å². The number of carboxylic acids is 1. The lowest BCUT2D eigenvalue weighted by Gasteiger charge is -2.32. The zero-order valence-corrected chi connectivity index (χ0v) is 15.9. The molecule has 2 atom stereocenters. The number of hydrogen-bond donors (Lipinski definition) is 2. The number of carboxylic acid groups (broad SMARTS) is 1. The first kappa shape index (κ1) is 19.3. The molecule has 4 rings (SSSR count). The van der Waals surface area contributed by atoms with E-state index in [1.165, 1.54) is 6.07 Å². The Hall–Kier alpha value is -3.99. The van der Waals surface area contributed by atoms with E-state index in [2.05, 4.69) is 0 Å². The SMILES string of the molecule is O=C1C(=C(O)c2ccccc2)C(C(=O)c2ccccc2)C(C(=O)O)c2ccccc21. The highest BCUT2D eigenvalue weighted by atomic mass is 16.4. The van der Waals surface area contributed by atoms with Crippen LogP contribution in [0.2, 0.25) is 0 Å². The fraction of sp³-hybridized carbons (Fsp3) is 0.0800. The maximum absolute atomic E-state index is 13.5. The predicted octanol–water partition coefficient (Wildman–Crippen LogP) is 4.52. The topological polar surface area (TPSA) is 91.7 Å². The normalized spacial score (nSPS) is 19.7. The number of fused-ring (bicyclic) bond motifs is 1. The number of carbonyl (C=O) groups excluding carboxylic acids is 2. The Bertz CT molecular complexity index is 1160. The van der Waals surface area contributed by atoms with Crippen LogP contribution >= 0.6 is 0 Å². The van der Waals surface area contributed by atoms with E-state index in [0.29, 0.717) is 5.56 Å². The van der Waals surface area contributed by atoms with Crippen LogP contribution < -0.4 is 0 Å². The van der Waals surface area contributed by atoms with Gasteiger partial charge in [-0.2, -0.15) is 0 Å². The van der Waals surface area contributed by atoms with Crippen molar-refractivity contribution in [2.75, 3.05) is 0 Å². The van der Waals surface area contributed by atoms with Crippen LogP contribution in [0.4, 0.5) is 0 Å². The van der Waals surface area contributed by atoms with Crippen molar-refractivity contribution in [3.05, 3.63) is 113 Å². The molecular weight excluding hydrogens is 380 g/mol. The molecule has 0 heterocycles. The molecule has 0 radical (unpaired) electrons. The molecule has 0 amide bonds. The van der Waals surface area contributed by atoms with Gasteiger partial charge in [-0.05, 0) is 5.56 Å². The number of rotatable bonds is 4. The first-order valence-corrected chi connectivity index (χ1v) is 9.45. The Morgan fingerprint density at radius 1 is 0.667 bits per heavy atom. The average Bonchev–Trinajstić information content (AvgIpc) is 2.79. The van der Waals surface area contributed by atoms with Crippen molar-refractivity contribution in [3.63, 3.8) is 0 Å². The summed E-state index contributed by atoms with van der Waals surface area (Å²) < 4.78 is 0. The minimum atomic E-state index is -1.35. The summed E-state index contributed by atoms with van der Waals surface area (Å²) in [5.74, 6) is -5.33.